The summed E-state index contributed by atoms with van der Waals surface area (Å²) < 4.78 is 55.2. The van der Waals surface area contributed by atoms with E-state index in [1.54, 1.807) is 42.9 Å². The van der Waals surface area contributed by atoms with Crippen molar-refractivity contribution in [3.05, 3.63) is 96.1 Å². The quantitative estimate of drug-likeness (QED) is 0.226. The van der Waals surface area contributed by atoms with Gasteiger partial charge in [0.1, 0.15) is 11.8 Å². The summed E-state index contributed by atoms with van der Waals surface area (Å²) in [7, 11) is 0. The van der Waals surface area contributed by atoms with Gasteiger partial charge in [-0.05, 0) is 60.9 Å². The number of nitrogens with zero attached hydrogens (tertiary/aromatic N) is 5. The van der Waals surface area contributed by atoms with E-state index in [1.807, 2.05) is 42.8 Å². The Bertz CT molecular complexity index is 1630. The van der Waals surface area contributed by atoms with Crippen molar-refractivity contribution in [3.63, 3.8) is 0 Å². The van der Waals surface area contributed by atoms with Crippen LogP contribution in [0.15, 0.2) is 83.9 Å². The topological polar surface area (TPSA) is 89.8 Å². The second-order valence-corrected chi connectivity index (χ2v) is 9.10. The molecule has 3 aromatic carbocycles. The van der Waals surface area contributed by atoms with E-state index in [0.29, 0.717) is 29.0 Å². The molecule has 0 N–H and O–H groups in total. The molecule has 0 aliphatic carbocycles. The molecule has 5 rings (SSSR count). The molecule has 10 heteroatoms. The number of alkyl halides is 3. The van der Waals surface area contributed by atoms with Crippen LogP contribution >= 0.6 is 0 Å². The number of benzene rings is 3. The van der Waals surface area contributed by atoms with Gasteiger partial charge in [0, 0.05) is 30.1 Å². The maximum absolute atomic E-state index is 14.1. The molecular formula is C29H22F3N5O2. The molecule has 0 atom stereocenters. The maximum atomic E-state index is 14.1. The van der Waals surface area contributed by atoms with Crippen LogP contribution < -0.4 is 4.74 Å². The van der Waals surface area contributed by atoms with Gasteiger partial charge in [-0.1, -0.05) is 35.5 Å². The Kier molecular flexibility index (Phi) is 6.90. The van der Waals surface area contributed by atoms with Crippen LogP contribution in [0.1, 0.15) is 30.5 Å². The van der Waals surface area contributed by atoms with Crippen molar-refractivity contribution in [1.82, 2.24) is 19.7 Å². The van der Waals surface area contributed by atoms with Gasteiger partial charge in [-0.15, -0.1) is 0 Å². The molecule has 0 bridgehead atoms. The molecule has 0 unspecified atom stereocenters. The first-order valence-corrected chi connectivity index (χ1v) is 12.0. The highest BCUT2D eigenvalue weighted by atomic mass is 19.4. The summed E-state index contributed by atoms with van der Waals surface area (Å²) in [5, 5.41) is 13.3. The zero-order valence-electron chi connectivity index (χ0n) is 21.0. The molecule has 0 amide bonds. The van der Waals surface area contributed by atoms with E-state index in [9.17, 15) is 18.4 Å². The van der Waals surface area contributed by atoms with Gasteiger partial charge in [0.25, 0.3) is 5.89 Å². The molecule has 0 saturated carbocycles. The van der Waals surface area contributed by atoms with Crippen molar-refractivity contribution < 1.29 is 22.4 Å². The van der Waals surface area contributed by atoms with E-state index in [2.05, 4.69) is 15.1 Å². The van der Waals surface area contributed by atoms with Gasteiger partial charge in [-0.3, -0.25) is 0 Å². The van der Waals surface area contributed by atoms with Crippen molar-refractivity contribution in [2.24, 2.45) is 0 Å². The summed E-state index contributed by atoms with van der Waals surface area (Å²) in [6, 6.07) is 18.1. The normalized spacial score (nSPS) is 11.5. The number of rotatable bonds is 7. The fourth-order valence-corrected chi connectivity index (χ4v) is 4.10. The number of hydrogen-bond donors (Lipinski definition) is 0. The molecule has 0 fully saturated rings. The summed E-state index contributed by atoms with van der Waals surface area (Å²) in [6.45, 7) is 4.28. The van der Waals surface area contributed by atoms with Gasteiger partial charge in [-0.2, -0.15) is 23.4 Å². The molecule has 2 aromatic heterocycles. The van der Waals surface area contributed by atoms with Crippen molar-refractivity contribution in [2.45, 2.75) is 32.7 Å². The largest absolute Gasteiger partial charge is 0.490 e. The highest BCUT2D eigenvalue weighted by Gasteiger charge is 2.35. The smallest absolute Gasteiger partial charge is 0.417 e. The molecule has 0 spiro atoms. The van der Waals surface area contributed by atoms with E-state index >= 15 is 0 Å². The highest BCUT2D eigenvalue weighted by molar-refractivity contribution is 5.72. The van der Waals surface area contributed by atoms with Crippen LogP contribution in [0, 0.1) is 11.3 Å². The average Bonchev–Trinajstić information content (AvgIpc) is 3.61. The van der Waals surface area contributed by atoms with Crippen LogP contribution in [-0.2, 0) is 12.7 Å². The first-order chi connectivity index (χ1) is 18.7. The zero-order valence-corrected chi connectivity index (χ0v) is 21.0. The van der Waals surface area contributed by atoms with Gasteiger partial charge in [0.2, 0.25) is 5.82 Å². The van der Waals surface area contributed by atoms with Gasteiger partial charge in [-0.25, -0.2) is 4.98 Å². The van der Waals surface area contributed by atoms with Gasteiger partial charge in [0.05, 0.1) is 23.6 Å². The van der Waals surface area contributed by atoms with Gasteiger partial charge >= 0.3 is 6.18 Å². The number of hydrogen-bond acceptors (Lipinski definition) is 6. The van der Waals surface area contributed by atoms with Crippen LogP contribution in [0.5, 0.6) is 5.75 Å². The SMILES string of the molecule is CC(C)Oc1ccc(-c2nc(-c3ccc(-c4ccc(Cn5ccnc5)cc4)cc3C(F)(F)F)no2)cc1C#N. The van der Waals surface area contributed by atoms with Crippen molar-refractivity contribution in [2.75, 3.05) is 0 Å². The Morgan fingerprint density at radius 2 is 1.74 bits per heavy atom. The Labute approximate surface area is 222 Å². The molecular weight excluding hydrogens is 507 g/mol. The summed E-state index contributed by atoms with van der Waals surface area (Å²) in [5.74, 6) is 0.171. The van der Waals surface area contributed by atoms with Crippen LogP contribution in [-0.4, -0.2) is 25.8 Å². The molecule has 39 heavy (non-hydrogen) atoms. The zero-order chi connectivity index (χ0) is 27.6. The molecule has 7 nitrogen and oxygen atoms in total. The van der Waals surface area contributed by atoms with E-state index in [-0.39, 0.29) is 28.9 Å². The molecule has 5 aromatic rings. The minimum atomic E-state index is -4.66. The minimum absolute atomic E-state index is 0.0109. The second-order valence-electron chi connectivity index (χ2n) is 9.10. The summed E-state index contributed by atoms with van der Waals surface area (Å²) in [5.41, 5.74) is 1.59. The third-order valence-corrected chi connectivity index (χ3v) is 5.91. The Morgan fingerprint density at radius 3 is 2.41 bits per heavy atom. The van der Waals surface area contributed by atoms with E-state index in [1.165, 1.54) is 12.1 Å². The van der Waals surface area contributed by atoms with E-state index in [0.717, 1.165) is 11.6 Å². The third-order valence-electron chi connectivity index (χ3n) is 5.91. The van der Waals surface area contributed by atoms with Gasteiger partial charge < -0.3 is 13.8 Å². The third kappa shape index (κ3) is 5.67. The number of nitriles is 1. The van der Waals surface area contributed by atoms with Gasteiger partial charge in [0.15, 0.2) is 0 Å². The van der Waals surface area contributed by atoms with Crippen LogP contribution in [0.3, 0.4) is 0 Å². The molecule has 0 radical (unpaired) electrons. The monoisotopic (exact) mass is 529 g/mol. The first kappa shape index (κ1) is 25.7. The average molecular weight is 530 g/mol. The highest BCUT2D eigenvalue weighted by Crippen LogP contribution is 2.39. The van der Waals surface area contributed by atoms with Crippen molar-refractivity contribution in [3.8, 4) is 45.8 Å². The lowest BCUT2D eigenvalue weighted by atomic mass is 9.97. The molecule has 0 aliphatic heterocycles. The van der Waals surface area contributed by atoms with Crippen LogP contribution in [0.2, 0.25) is 0 Å². The Balaban J connectivity index is 1.45. The fraction of sp³-hybridized carbons (Fsp3) is 0.172. The van der Waals surface area contributed by atoms with Crippen LogP contribution in [0.25, 0.3) is 34.0 Å². The summed E-state index contributed by atoms with van der Waals surface area (Å²) >= 11 is 0. The second kappa shape index (κ2) is 10.5. The molecule has 0 aliphatic rings. The molecule has 0 saturated heterocycles. The standard InChI is InChI=1S/C29H22F3N5O2/c1-18(2)38-26-10-8-22(13-23(26)15-33)28-35-27(36-39-28)24-9-7-21(14-25(24)29(30,31)32)20-5-3-19(4-6-20)16-37-12-11-34-17-37/h3-14,17-18H,16H2,1-2H3. The fourth-order valence-electron chi connectivity index (χ4n) is 4.10. The Hall–Kier alpha value is -4.91. The number of ether oxygens (including phenoxy) is 1. The predicted molar refractivity (Wildman–Crippen MR) is 137 cm³/mol. The number of halogens is 3. The lowest BCUT2D eigenvalue weighted by Gasteiger charge is -2.13. The lowest BCUT2D eigenvalue weighted by molar-refractivity contribution is -0.137. The van der Waals surface area contributed by atoms with E-state index < -0.39 is 11.7 Å². The molecule has 2 heterocycles. The predicted octanol–water partition coefficient (Wildman–Crippen LogP) is 6.99. The number of aromatic nitrogens is 4. The minimum Gasteiger partial charge on any atom is -0.490 e. The number of imidazole rings is 1. The van der Waals surface area contributed by atoms with Crippen molar-refractivity contribution in [1.29, 1.82) is 5.26 Å². The van der Waals surface area contributed by atoms with Crippen LogP contribution in [0.4, 0.5) is 13.2 Å². The van der Waals surface area contributed by atoms with Crippen molar-refractivity contribution >= 4 is 0 Å². The summed E-state index contributed by atoms with van der Waals surface area (Å²) in [4.78, 5) is 8.22. The summed E-state index contributed by atoms with van der Waals surface area (Å²) in [6.07, 6.45) is 0.428. The molecule has 196 valence electrons. The first-order valence-electron chi connectivity index (χ1n) is 12.0. The van der Waals surface area contributed by atoms with E-state index in [4.69, 9.17) is 9.26 Å². The lowest BCUT2D eigenvalue weighted by Crippen LogP contribution is -2.08. The Morgan fingerprint density at radius 1 is 1.00 bits per heavy atom. The maximum Gasteiger partial charge on any atom is 0.417 e.